The van der Waals surface area contributed by atoms with Crippen molar-refractivity contribution < 1.29 is 22.9 Å². The van der Waals surface area contributed by atoms with Crippen molar-refractivity contribution in [3.05, 3.63) is 86.9 Å². The second-order valence-corrected chi connectivity index (χ2v) is 9.03. The lowest BCUT2D eigenvalue weighted by atomic mass is 10.2. The lowest BCUT2D eigenvalue weighted by Gasteiger charge is -2.15. The minimum absolute atomic E-state index is 0.0739. The van der Waals surface area contributed by atoms with Gasteiger partial charge in [0.15, 0.2) is 0 Å². The fourth-order valence-corrected chi connectivity index (χ4v) is 4.16. The number of ether oxygens (including phenoxy) is 1. The van der Waals surface area contributed by atoms with E-state index in [1.54, 1.807) is 26.0 Å². The van der Waals surface area contributed by atoms with Gasteiger partial charge in [-0.05, 0) is 61.9 Å². The predicted octanol–water partition coefficient (Wildman–Crippen LogP) is 5.01. The largest absolute Gasteiger partial charge is 0.492 e. The van der Waals surface area contributed by atoms with Gasteiger partial charge >= 0.3 is 0 Å². The number of hydrogen-bond acceptors (Lipinski definition) is 6. The van der Waals surface area contributed by atoms with Gasteiger partial charge in [-0.3, -0.25) is 19.6 Å². The second-order valence-electron chi connectivity index (χ2n) is 6.91. The molecule has 0 saturated carbocycles. The van der Waals surface area contributed by atoms with Gasteiger partial charge in [0.25, 0.3) is 21.6 Å². The SMILES string of the molecule is CCOc1ccc(S(=O)(=O)Nc2cc([N+](=O)[O-])ccc2C)cc1NC(=O)c1ccc(Cl)cc1. The number of nitro groups is 1. The van der Waals surface area contributed by atoms with Crippen molar-refractivity contribution in [1.82, 2.24) is 0 Å². The molecule has 0 heterocycles. The van der Waals surface area contributed by atoms with Gasteiger partial charge in [-0.15, -0.1) is 0 Å². The summed E-state index contributed by atoms with van der Waals surface area (Å²) < 4.78 is 33.9. The van der Waals surface area contributed by atoms with Crippen molar-refractivity contribution in [1.29, 1.82) is 0 Å². The van der Waals surface area contributed by atoms with Crippen molar-refractivity contribution in [2.24, 2.45) is 0 Å². The number of carbonyl (C=O) groups excluding carboxylic acids is 1. The van der Waals surface area contributed by atoms with Crippen LogP contribution in [0.25, 0.3) is 0 Å². The molecule has 2 N–H and O–H groups in total. The van der Waals surface area contributed by atoms with Crippen LogP contribution in [0.5, 0.6) is 5.75 Å². The maximum atomic E-state index is 13.0. The normalized spacial score (nSPS) is 11.0. The summed E-state index contributed by atoms with van der Waals surface area (Å²) in [6.45, 7) is 3.67. The Morgan fingerprint density at radius 3 is 2.39 bits per heavy atom. The van der Waals surface area contributed by atoms with Crippen LogP contribution in [0.2, 0.25) is 5.02 Å². The Bertz CT molecular complexity index is 1310. The van der Waals surface area contributed by atoms with Crippen LogP contribution in [0.4, 0.5) is 17.1 Å². The highest BCUT2D eigenvalue weighted by Gasteiger charge is 2.20. The fourth-order valence-electron chi connectivity index (χ4n) is 2.89. The van der Waals surface area contributed by atoms with E-state index < -0.39 is 20.9 Å². The Balaban J connectivity index is 1.94. The Hall–Kier alpha value is -3.63. The Labute approximate surface area is 195 Å². The van der Waals surface area contributed by atoms with E-state index in [1.807, 2.05) is 0 Å². The molecule has 0 bridgehead atoms. The third-order valence-corrected chi connectivity index (χ3v) is 6.21. The van der Waals surface area contributed by atoms with Gasteiger partial charge in [0, 0.05) is 22.7 Å². The predicted molar refractivity (Wildman–Crippen MR) is 126 cm³/mol. The minimum atomic E-state index is -4.14. The van der Waals surface area contributed by atoms with E-state index in [9.17, 15) is 23.3 Å². The van der Waals surface area contributed by atoms with E-state index in [2.05, 4.69) is 10.0 Å². The fraction of sp³-hybridized carbons (Fsp3) is 0.136. The number of aryl methyl sites for hydroxylation is 1. The van der Waals surface area contributed by atoms with E-state index in [0.29, 0.717) is 22.8 Å². The number of sulfonamides is 1. The minimum Gasteiger partial charge on any atom is -0.492 e. The molecule has 3 aromatic rings. The molecule has 0 aliphatic carbocycles. The molecule has 0 aromatic heterocycles. The first-order valence-electron chi connectivity index (χ1n) is 9.72. The van der Waals surface area contributed by atoms with Crippen molar-refractivity contribution in [3.63, 3.8) is 0 Å². The molecule has 11 heteroatoms. The van der Waals surface area contributed by atoms with Gasteiger partial charge in [-0.2, -0.15) is 0 Å². The molecule has 0 fully saturated rings. The first kappa shape index (κ1) is 24.0. The first-order valence-corrected chi connectivity index (χ1v) is 11.6. The number of halogens is 1. The monoisotopic (exact) mass is 489 g/mol. The number of anilines is 2. The summed E-state index contributed by atoms with van der Waals surface area (Å²) in [7, 11) is -4.14. The maximum Gasteiger partial charge on any atom is 0.271 e. The molecule has 0 aliphatic heterocycles. The van der Waals surface area contributed by atoms with Crippen LogP contribution in [0.1, 0.15) is 22.8 Å². The third-order valence-electron chi connectivity index (χ3n) is 4.59. The zero-order valence-corrected chi connectivity index (χ0v) is 19.2. The molecule has 0 aliphatic rings. The molecule has 0 radical (unpaired) electrons. The number of amides is 1. The van der Waals surface area contributed by atoms with Crippen molar-refractivity contribution in [2.75, 3.05) is 16.6 Å². The summed E-state index contributed by atoms with van der Waals surface area (Å²) in [6, 6.07) is 14.1. The van der Waals surface area contributed by atoms with Crippen LogP contribution in [0.3, 0.4) is 0 Å². The molecule has 0 unspecified atom stereocenters. The van der Waals surface area contributed by atoms with Crippen molar-refractivity contribution in [3.8, 4) is 5.75 Å². The summed E-state index contributed by atoms with van der Waals surface area (Å²) >= 11 is 5.86. The molecular formula is C22H20ClN3O6S. The van der Waals surface area contributed by atoms with Gasteiger partial charge in [0.2, 0.25) is 0 Å². The lowest BCUT2D eigenvalue weighted by Crippen LogP contribution is -2.16. The van der Waals surface area contributed by atoms with Crippen LogP contribution in [0.15, 0.2) is 65.6 Å². The van der Waals surface area contributed by atoms with Gasteiger partial charge in [0.05, 0.1) is 27.8 Å². The second kappa shape index (κ2) is 9.88. The Kier molecular flexibility index (Phi) is 7.19. The van der Waals surface area contributed by atoms with Crippen LogP contribution >= 0.6 is 11.6 Å². The number of hydrogen-bond donors (Lipinski definition) is 2. The van der Waals surface area contributed by atoms with E-state index in [4.69, 9.17) is 16.3 Å². The highest BCUT2D eigenvalue weighted by molar-refractivity contribution is 7.92. The van der Waals surface area contributed by atoms with Gasteiger partial charge < -0.3 is 10.1 Å². The van der Waals surface area contributed by atoms with Crippen LogP contribution in [-0.2, 0) is 10.0 Å². The average molecular weight is 490 g/mol. The van der Waals surface area contributed by atoms with Crippen LogP contribution < -0.4 is 14.8 Å². The zero-order valence-electron chi connectivity index (χ0n) is 17.7. The smallest absolute Gasteiger partial charge is 0.271 e. The van der Waals surface area contributed by atoms with Crippen molar-refractivity contribution >= 4 is 44.6 Å². The number of carbonyl (C=O) groups is 1. The molecule has 0 spiro atoms. The summed E-state index contributed by atoms with van der Waals surface area (Å²) in [5.41, 5.74) is 0.799. The number of nitrogens with zero attached hydrogens (tertiary/aromatic N) is 1. The molecule has 9 nitrogen and oxygen atoms in total. The highest BCUT2D eigenvalue weighted by atomic mass is 35.5. The van der Waals surface area contributed by atoms with Crippen molar-refractivity contribution in [2.45, 2.75) is 18.7 Å². The maximum absolute atomic E-state index is 13.0. The van der Waals surface area contributed by atoms with E-state index >= 15 is 0 Å². The molecule has 3 rings (SSSR count). The molecule has 0 saturated heterocycles. The average Bonchev–Trinajstić information content (AvgIpc) is 2.76. The topological polar surface area (TPSA) is 128 Å². The molecule has 3 aromatic carbocycles. The van der Waals surface area contributed by atoms with Crippen LogP contribution in [-0.4, -0.2) is 25.9 Å². The van der Waals surface area contributed by atoms with Gasteiger partial charge in [-0.25, -0.2) is 8.42 Å². The number of benzene rings is 3. The Morgan fingerprint density at radius 2 is 1.76 bits per heavy atom. The van der Waals surface area contributed by atoms with Crippen LogP contribution in [0, 0.1) is 17.0 Å². The van der Waals surface area contributed by atoms with E-state index in [-0.39, 0.29) is 27.7 Å². The summed E-state index contributed by atoms with van der Waals surface area (Å²) in [5, 5.41) is 14.2. The lowest BCUT2D eigenvalue weighted by molar-refractivity contribution is -0.384. The van der Waals surface area contributed by atoms with E-state index in [0.717, 1.165) is 6.07 Å². The number of rotatable bonds is 8. The molecule has 33 heavy (non-hydrogen) atoms. The first-order chi connectivity index (χ1) is 15.6. The molecule has 0 atom stereocenters. The third kappa shape index (κ3) is 5.79. The van der Waals surface area contributed by atoms with Gasteiger partial charge in [0.1, 0.15) is 5.75 Å². The number of nitrogens with one attached hydrogen (secondary N) is 2. The molecular weight excluding hydrogens is 470 g/mol. The zero-order chi connectivity index (χ0) is 24.2. The summed E-state index contributed by atoms with van der Waals surface area (Å²) in [6.07, 6.45) is 0. The summed E-state index contributed by atoms with van der Waals surface area (Å²) in [4.78, 5) is 22.9. The summed E-state index contributed by atoms with van der Waals surface area (Å²) in [5.74, 6) is -0.199. The Morgan fingerprint density at radius 1 is 1.06 bits per heavy atom. The van der Waals surface area contributed by atoms with E-state index in [1.165, 1.54) is 42.5 Å². The highest BCUT2D eigenvalue weighted by Crippen LogP contribution is 2.30. The quantitative estimate of drug-likeness (QED) is 0.338. The molecule has 1 amide bonds. The van der Waals surface area contributed by atoms with Gasteiger partial charge in [-0.1, -0.05) is 17.7 Å². The number of non-ortho nitro benzene ring substituents is 1. The number of nitro benzene ring substituents is 1. The molecule has 172 valence electrons. The standard InChI is InChI=1S/C22H20ClN3O6S/c1-3-32-21-11-10-18(13-20(21)24-22(27)15-5-7-16(23)8-6-15)33(30,31)25-19-12-17(26(28)29)9-4-14(19)2/h4-13,25H,3H2,1-2H3,(H,24,27).